The summed E-state index contributed by atoms with van der Waals surface area (Å²) in [5, 5.41) is 2.24. The highest BCUT2D eigenvalue weighted by molar-refractivity contribution is 5.35. The van der Waals surface area contributed by atoms with Gasteiger partial charge in [-0.1, -0.05) is 25.1 Å². The second-order valence-electron chi connectivity index (χ2n) is 4.43. The average molecular weight is 250 g/mol. The maximum atomic E-state index is 5.43. The molecule has 1 atom stereocenters. The van der Waals surface area contributed by atoms with Crippen molar-refractivity contribution in [1.82, 2.24) is 10.4 Å². The van der Waals surface area contributed by atoms with Crippen LogP contribution in [-0.2, 0) is 4.74 Å². The molecule has 2 rings (SSSR count). The van der Waals surface area contributed by atoms with Gasteiger partial charge in [-0.15, -0.1) is 0 Å². The highest BCUT2D eigenvalue weighted by atomic mass is 16.5. The van der Waals surface area contributed by atoms with E-state index in [9.17, 15) is 0 Å². The molecular weight excluding hydrogens is 228 g/mol. The Hall–Kier alpha value is -1.10. The SMILES string of the molecule is CCC(NN1CCOCC1)c1ccccc1OC. The zero-order chi connectivity index (χ0) is 12.8. The molecule has 0 aliphatic carbocycles. The molecule has 0 aromatic heterocycles. The molecular formula is C14H22N2O2. The van der Waals surface area contributed by atoms with Gasteiger partial charge in [-0.2, -0.15) is 0 Å². The van der Waals surface area contributed by atoms with Crippen LogP contribution in [0.1, 0.15) is 24.9 Å². The second-order valence-corrected chi connectivity index (χ2v) is 4.43. The molecule has 0 saturated carbocycles. The van der Waals surface area contributed by atoms with Crippen LogP contribution in [0.3, 0.4) is 0 Å². The lowest BCUT2D eigenvalue weighted by molar-refractivity contribution is 0.00282. The number of hydrazine groups is 1. The topological polar surface area (TPSA) is 33.7 Å². The molecule has 1 N–H and O–H groups in total. The van der Waals surface area contributed by atoms with Gasteiger partial charge in [0.25, 0.3) is 0 Å². The van der Waals surface area contributed by atoms with Crippen LogP contribution in [0.5, 0.6) is 5.75 Å². The lowest BCUT2D eigenvalue weighted by Gasteiger charge is -2.32. The average Bonchev–Trinajstić information content (AvgIpc) is 2.46. The van der Waals surface area contributed by atoms with E-state index in [0.717, 1.165) is 38.5 Å². The molecule has 1 aromatic carbocycles. The third kappa shape index (κ3) is 3.22. The summed E-state index contributed by atoms with van der Waals surface area (Å²) in [6.45, 7) is 5.66. The van der Waals surface area contributed by atoms with Gasteiger partial charge in [0, 0.05) is 24.7 Å². The Kier molecular flexibility index (Phi) is 4.99. The minimum Gasteiger partial charge on any atom is -0.496 e. The van der Waals surface area contributed by atoms with Crippen LogP contribution in [0.15, 0.2) is 24.3 Å². The summed E-state index contributed by atoms with van der Waals surface area (Å²) in [6, 6.07) is 8.49. The lowest BCUT2D eigenvalue weighted by Crippen LogP contribution is -2.47. The Morgan fingerprint density at radius 1 is 1.33 bits per heavy atom. The Bertz CT molecular complexity index is 365. The number of nitrogens with one attached hydrogen (secondary N) is 1. The van der Waals surface area contributed by atoms with Crippen LogP contribution < -0.4 is 10.2 Å². The maximum Gasteiger partial charge on any atom is 0.123 e. The predicted octanol–water partition coefficient (Wildman–Crippen LogP) is 1.98. The molecule has 1 aromatic rings. The number of methoxy groups -OCH3 is 1. The first kappa shape index (κ1) is 13.3. The van der Waals surface area contributed by atoms with Crippen molar-refractivity contribution in [1.29, 1.82) is 0 Å². The molecule has 1 aliphatic rings. The summed E-state index contributed by atoms with van der Waals surface area (Å²) < 4.78 is 10.8. The van der Waals surface area contributed by atoms with Crippen LogP contribution in [-0.4, -0.2) is 38.4 Å². The van der Waals surface area contributed by atoms with E-state index >= 15 is 0 Å². The molecule has 4 nitrogen and oxygen atoms in total. The van der Waals surface area contributed by atoms with Crippen LogP contribution >= 0.6 is 0 Å². The van der Waals surface area contributed by atoms with Gasteiger partial charge in [-0.3, -0.25) is 0 Å². The summed E-state index contributed by atoms with van der Waals surface area (Å²) in [7, 11) is 1.72. The van der Waals surface area contributed by atoms with Gasteiger partial charge < -0.3 is 9.47 Å². The van der Waals surface area contributed by atoms with Crippen molar-refractivity contribution < 1.29 is 9.47 Å². The third-order valence-electron chi connectivity index (χ3n) is 3.27. The van der Waals surface area contributed by atoms with Crippen LogP contribution in [0.2, 0.25) is 0 Å². The zero-order valence-electron chi connectivity index (χ0n) is 11.2. The van der Waals surface area contributed by atoms with E-state index < -0.39 is 0 Å². The Morgan fingerprint density at radius 3 is 2.72 bits per heavy atom. The predicted molar refractivity (Wildman–Crippen MR) is 71.6 cm³/mol. The van der Waals surface area contributed by atoms with Crippen molar-refractivity contribution in [2.45, 2.75) is 19.4 Å². The smallest absolute Gasteiger partial charge is 0.123 e. The molecule has 1 aliphatic heterocycles. The minimum absolute atomic E-state index is 0.291. The van der Waals surface area contributed by atoms with Gasteiger partial charge in [0.05, 0.1) is 20.3 Å². The van der Waals surface area contributed by atoms with Gasteiger partial charge in [-0.25, -0.2) is 10.4 Å². The standard InChI is InChI=1S/C14H22N2O2/c1-3-13(15-16-8-10-18-11-9-16)12-6-4-5-7-14(12)17-2/h4-7,13,15H,3,8-11H2,1-2H3. The second kappa shape index (κ2) is 6.73. The number of ether oxygens (including phenoxy) is 2. The molecule has 0 amide bonds. The Morgan fingerprint density at radius 2 is 2.06 bits per heavy atom. The molecule has 100 valence electrons. The largest absolute Gasteiger partial charge is 0.496 e. The summed E-state index contributed by atoms with van der Waals surface area (Å²) in [4.78, 5) is 0. The van der Waals surface area contributed by atoms with Crippen LogP contribution in [0, 0.1) is 0 Å². The number of benzene rings is 1. The van der Waals surface area contributed by atoms with E-state index in [0.29, 0.717) is 6.04 Å². The quantitative estimate of drug-likeness (QED) is 0.866. The van der Waals surface area contributed by atoms with Crippen molar-refractivity contribution in [2.75, 3.05) is 33.4 Å². The van der Waals surface area contributed by atoms with Gasteiger partial charge in [0.2, 0.25) is 0 Å². The van der Waals surface area contributed by atoms with Gasteiger partial charge in [0.1, 0.15) is 5.75 Å². The highest BCUT2D eigenvalue weighted by Gasteiger charge is 2.18. The van der Waals surface area contributed by atoms with Gasteiger partial charge >= 0.3 is 0 Å². The van der Waals surface area contributed by atoms with Crippen molar-refractivity contribution in [2.24, 2.45) is 0 Å². The number of para-hydroxylation sites is 1. The van der Waals surface area contributed by atoms with Crippen molar-refractivity contribution in [3.05, 3.63) is 29.8 Å². The summed E-state index contributed by atoms with van der Waals surface area (Å²) >= 11 is 0. The van der Waals surface area contributed by atoms with Crippen molar-refractivity contribution in [3.8, 4) is 5.75 Å². The first-order valence-electron chi connectivity index (χ1n) is 6.57. The van der Waals surface area contributed by atoms with Crippen LogP contribution in [0.25, 0.3) is 0 Å². The van der Waals surface area contributed by atoms with E-state index in [4.69, 9.17) is 9.47 Å². The van der Waals surface area contributed by atoms with Crippen LogP contribution in [0.4, 0.5) is 0 Å². The Balaban J connectivity index is 2.07. The summed E-state index contributed by atoms with van der Waals surface area (Å²) in [6.07, 6.45) is 1.03. The molecule has 0 bridgehead atoms. The molecule has 0 spiro atoms. The van der Waals surface area contributed by atoms with Gasteiger partial charge in [-0.05, 0) is 12.5 Å². The highest BCUT2D eigenvalue weighted by Crippen LogP contribution is 2.27. The van der Waals surface area contributed by atoms with Crippen molar-refractivity contribution in [3.63, 3.8) is 0 Å². The normalized spacial score (nSPS) is 18.6. The molecule has 1 unspecified atom stereocenters. The summed E-state index contributed by atoms with van der Waals surface area (Å²) in [5.41, 5.74) is 4.79. The van der Waals surface area contributed by atoms with E-state index in [1.807, 2.05) is 12.1 Å². The molecule has 1 saturated heterocycles. The number of nitrogens with zero attached hydrogens (tertiary/aromatic N) is 1. The summed E-state index contributed by atoms with van der Waals surface area (Å²) in [5.74, 6) is 0.949. The number of morpholine rings is 1. The minimum atomic E-state index is 0.291. The number of hydrogen-bond acceptors (Lipinski definition) is 4. The molecule has 0 radical (unpaired) electrons. The van der Waals surface area contributed by atoms with E-state index in [1.165, 1.54) is 5.56 Å². The number of hydrogen-bond donors (Lipinski definition) is 1. The fraction of sp³-hybridized carbons (Fsp3) is 0.571. The first-order valence-corrected chi connectivity index (χ1v) is 6.57. The number of rotatable bonds is 5. The molecule has 4 heteroatoms. The Labute approximate surface area is 109 Å². The molecule has 18 heavy (non-hydrogen) atoms. The molecule has 1 fully saturated rings. The van der Waals surface area contributed by atoms with E-state index in [1.54, 1.807) is 7.11 Å². The third-order valence-corrected chi connectivity index (χ3v) is 3.27. The zero-order valence-corrected chi connectivity index (χ0v) is 11.2. The fourth-order valence-electron chi connectivity index (χ4n) is 2.25. The van der Waals surface area contributed by atoms with Gasteiger partial charge in [0.15, 0.2) is 0 Å². The monoisotopic (exact) mass is 250 g/mol. The van der Waals surface area contributed by atoms with E-state index in [2.05, 4.69) is 29.5 Å². The molecule has 1 heterocycles. The van der Waals surface area contributed by atoms with Crippen molar-refractivity contribution >= 4 is 0 Å². The first-order chi connectivity index (χ1) is 8.85. The maximum absolute atomic E-state index is 5.43. The lowest BCUT2D eigenvalue weighted by atomic mass is 10.0. The fourth-order valence-corrected chi connectivity index (χ4v) is 2.25. The van der Waals surface area contributed by atoms with E-state index in [-0.39, 0.29) is 0 Å².